The Labute approximate surface area is 83.9 Å². The van der Waals surface area contributed by atoms with Crippen molar-refractivity contribution in [2.24, 2.45) is 0 Å². The van der Waals surface area contributed by atoms with Crippen LogP contribution in [-0.2, 0) is 9.47 Å². The van der Waals surface area contributed by atoms with Gasteiger partial charge < -0.3 is 14.6 Å². The molecule has 1 heterocycles. The summed E-state index contributed by atoms with van der Waals surface area (Å²) >= 11 is 0.927. The van der Waals surface area contributed by atoms with Crippen LogP contribution in [0.25, 0.3) is 0 Å². The van der Waals surface area contributed by atoms with Gasteiger partial charge in [-0.25, -0.2) is 9.59 Å². The Morgan fingerprint density at radius 3 is 2.36 bits per heavy atom. The summed E-state index contributed by atoms with van der Waals surface area (Å²) < 4.78 is 8.85. The van der Waals surface area contributed by atoms with E-state index in [4.69, 9.17) is 0 Å². The summed E-state index contributed by atoms with van der Waals surface area (Å²) in [5.41, 5.74) is -0.149. The van der Waals surface area contributed by atoms with Gasteiger partial charge in [-0.2, -0.15) is 0 Å². The highest BCUT2D eigenvalue weighted by molar-refractivity contribution is 7.12. The van der Waals surface area contributed by atoms with Gasteiger partial charge in [-0.15, -0.1) is 11.3 Å². The van der Waals surface area contributed by atoms with E-state index in [0.29, 0.717) is 0 Å². The number of carbonyl (C=O) groups excluding carboxylic acids is 2. The molecule has 1 aromatic rings. The van der Waals surface area contributed by atoms with Gasteiger partial charge in [-0.3, -0.25) is 0 Å². The maximum absolute atomic E-state index is 11.2. The minimum Gasteiger partial charge on any atom is -0.506 e. The predicted molar refractivity (Wildman–Crippen MR) is 48.7 cm³/mol. The van der Waals surface area contributed by atoms with Crippen molar-refractivity contribution in [1.82, 2.24) is 0 Å². The van der Waals surface area contributed by atoms with E-state index in [1.54, 1.807) is 0 Å². The average Bonchev–Trinajstić information content (AvgIpc) is 2.58. The Bertz CT molecular complexity index is 368. The summed E-state index contributed by atoms with van der Waals surface area (Å²) in [6.07, 6.45) is 0. The third-order valence-electron chi connectivity index (χ3n) is 1.53. The molecule has 76 valence electrons. The minimum absolute atomic E-state index is 0.0388. The molecule has 0 saturated heterocycles. The lowest BCUT2D eigenvalue weighted by Crippen LogP contribution is -2.08. The Balaban J connectivity index is 3.19. The average molecular weight is 216 g/mol. The molecule has 0 aliphatic rings. The quantitative estimate of drug-likeness (QED) is 0.747. The molecule has 1 aromatic heterocycles. The van der Waals surface area contributed by atoms with E-state index < -0.39 is 11.9 Å². The van der Waals surface area contributed by atoms with Crippen LogP contribution in [0.2, 0.25) is 0 Å². The van der Waals surface area contributed by atoms with Crippen LogP contribution in [0.4, 0.5) is 0 Å². The Kier molecular flexibility index (Phi) is 3.08. The molecular formula is C8H8O5S. The van der Waals surface area contributed by atoms with Crippen molar-refractivity contribution in [3.63, 3.8) is 0 Å². The van der Waals surface area contributed by atoms with E-state index in [-0.39, 0.29) is 16.2 Å². The van der Waals surface area contributed by atoms with Crippen molar-refractivity contribution in [3.8, 4) is 5.75 Å². The lowest BCUT2D eigenvalue weighted by Gasteiger charge is -2.00. The molecule has 0 saturated carbocycles. The molecule has 0 fully saturated rings. The molecule has 0 aliphatic heterocycles. The molecule has 0 unspecified atom stereocenters. The third kappa shape index (κ3) is 1.69. The van der Waals surface area contributed by atoms with E-state index in [9.17, 15) is 14.7 Å². The maximum Gasteiger partial charge on any atom is 0.349 e. The number of rotatable bonds is 2. The van der Waals surface area contributed by atoms with Crippen molar-refractivity contribution in [1.29, 1.82) is 0 Å². The van der Waals surface area contributed by atoms with E-state index in [1.807, 2.05) is 0 Å². The van der Waals surface area contributed by atoms with Gasteiger partial charge in [0.05, 0.1) is 14.2 Å². The zero-order valence-corrected chi connectivity index (χ0v) is 8.38. The summed E-state index contributed by atoms with van der Waals surface area (Å²) in [6.45, 7) is 0. The number of hydrogen-bond acceptors (Lipinski definition) is 6. The number of hydrogen-bond donors (Lipinski definition) is 1. The van der Waals surface area contributed by atoms with Gasteiger partial charge in [0.1, 0.15) is 16.2 Å². The zero-order valence-electron chi connectivity index (χ0n) is 7.57. The van der Waals surface area contributed by atoms with Crippen LogP contribution in [0.3, 0.4) is 0 Å². The van der Waals surface area contributed by atoms with Crippen LogP contribution < -0.4 is 0 Å². The highest BCUT2D eigenvalue weighted by Gasteiger charge is 2.24. The standard InChI is InChI=1S/C8H8O5S/c1-12-7(10)5-4(9)3-14-6(5)8(11)13-2/h3,9H,1-2H3. The van der Waals surface area contributed by atoms with E-state index in [2.05, 4.69) is 9.47 Å². The molecule has 5 nitrogen and oxygen atoms in total. The largest absolute Gasteiger partial charge is 0.506 e. The second-order valence-electron chi connectivity index (χ2n) is 2.31. The second kappa shape index (κ2) is 4.10. The number of aromatic hydroxyl groups is 1. The summed E-state index contributed by atoms with van der Waals surface area (Å²) in [5, 5.41) is 10.6. The number of esters is 2. The van der Waals surface area contributed by atoms with Gasteiger partial charge in [-0.1, -0.05) is 0 Å². The first-order valence-electron chi connectivity index (χ1n) is 3.59. The zero-order chi connectivity index (χ0) is 10.7. The molecule has 1 rings (SSSR count). The summed E-state index contributed by atoms with van der Waals surface area (Å²) in [4.78, 5) is 22.3. The van der Waals surface area contributed by atoms with Gasteiger partial charge in [0, 0.05) is 5.38 Å². The summed E-state index contributed by atoms with van der Waals surface area (Å²) in [6, 6.07) is 0. The molecule has 0 amide bonds. The van der Waals surface area contributed by atoms with Crippen molar-refractivity contribution in [2.75, 3.05) is 14.2 Å². The molecule has 0 aromatic carbocycles. The normalized spacial score (nSPS) is 9.57. The van der Waals surface area contributed by atoms with Gasteiger partial charge in [0.15, 0.2) is 0 Å². The first-order valence-corrected chi connectivity index (χ1v) is 4.46. The lowest BCUT2D eigenvalue weighted by atomic mass is 10.2. The number of thiophene rings is 1. The minimum atomic E-state index is -0.760. The molecule has 1 N–H and O–H groups in total. The van der Waals surface area contributed by atoms with Gasteiger partial charge in [0.2, 0.25) is 0 Å². The molecule has 0 bridgehead atoms. The fraction of sp³-hybridized carbons (Fsp3) is 0.250. The van der Waals surface area contributed by atoms with Crippen molar-refractivity contribution in [3.05, 3.63) is 15.8 Å². The molecule has 0 spiro atoms. The highest BCUT2D eigenvalue weighted by Crippen LogP contribution is 2.29. The van der Waals surface area contributed by atoms with Crippen LogP contribution in [0.15, 0.2) is 5.38 Å². The highest BCUT2D eigenvalue weighted by atomic mass is 32.1. The lowest BCUT2D eigenvalue weighted by molar-refractivity contribution is 0.0557. The predicted octanol–water partition coefficient (Wildman–Crippen LogP) is 1.03. The molecule has 0 radical (unpaired) electrons. The first-order chi connectivity index (χ1) is 6.61. The molecule has 0 atom stereocenters. The number of ether oxygens (including phenoxy) is 2. The summed E-state index contributed by atoms with van der Waals surface area (Å²) in [7, 11) is 2.36. The van der Waals surface area contributed by atoms with Crippen molar-refractivity contribution >= 4 is 23.3 Å². The van der Waals surface area contributed by atoms with E-state index in [0.717, 1.165) is 11.3 Å². The number of methoxy groups -OCH3 is 2. The number of carbonyl (C=O) groups is 2. The maximum atomic E-state index is 11.2. The van der Waals surface area contributed by atoms with Crippen molar-refractivity contribution in [2.45, 2.75) is 0 Å². The van der Waals surface area contributed by atoms with Gasteiger partial charge >= 0.3 is 11.9 Å². The van der Waals surface area contributed by atoms with Crippen LogP contribution >= 0.6 is 11.3 Å². The Hall–Kier alpha value is -1.56. The van der Waals surface area contributed by atoms with Crippen LogP contribution in [-0.4, -0.2) is 31.3 Å². The van der Waals surface area contributed by atoms with Crippen LogP contribution in [0.1, 0.15) is 20.0 Å². The Morgan fingerprint density at radius 1 is 1.29 bits per heavy atom. The van der Waals surface area contributed by atoms with Crippen LogP contribution in [0.5, 0.6) is 5.75 Å². The second-order valence-corrected chi connectivity index (χ2v) is 3.19. The van der Waals surface area contributed by atoms with Gasteiger partial charge in [-0.05, 0) is 0 Å². The SMILES string of the molecule is COC(=O)c1scc(O)c1C(=O)OC. The molecular weight excluding hydrogens is 208 g/mol. The molecule has 0 aliphatic carbocycles. The van der Waals surface area contributed by atoms with E-state index in [1.165, 1.54) is 19.6 Å². The van der Waals surface area contributed by atoms with Crippen LogP contribution in [0, 0.1) is 0 Å². The summed E-state index contributed by atoms with van der Waals surface area (Å²) in [5.74, 6) is -1.71. The Morgan fingerprint density at radius 2 is 1.86 bits per heavy atom. The van der Waals surface area contributed by atoms with Crippen molar-refractivity contribution < 1.29 is 24.2 Å². The smallest absolute Gasteiger partial charge is 0.349 e. The molecule has 6 heteroatoms. The first kappa shape index (κ1) is 10.5. The fourth-order valence-electron chi connectivity index (χ4n) is 0.891. The topological polar surface area (TPSA) is 72.8 Å². The monoisotopic (exact) mass is 216 g/mol. The van der Waals surface area contributed by atoms with Gasteiger partial charge in [0.25, 0.3) is 0 Å². The third-order valence-corrected chi connectivity index (χ3v) is 2.48. The van der Waals surface area contributed by atoms with E-state index >= 15 is 0 Å². The molecule has 14 heavy (non-hydrogen) atoms. The fourth-order valence-corrected chi connectivity index (χ4v) is 1.72.